The molecule has 1 aromatic carbocycles. The van der Waals surface area contributed by atoms with Crippen LogP contribution in [-0.2, 0) is 0 Å². The van der Waals surface area contributed by atoms with Crippen LogP contribution < -0.4 is 9.80 Å². The molecular formula is C19H20N6. The second-order valence-electron chi connectivity index (χ2n) is 6.82. The molecule has 0 amide bonds. The lowest BCUT2D eigenvalue weighted by Gasteiger charge is -2.36. The van der Waals surface area contributed by atoms with Crippen molar-refractivity contribution in [3.05, 3.63) is 48.8 Å². The highest BCUT2D eigenvalue weighted by molar-refractivity contribution is 5.81. The Morgan fingerprint density at radius 3 is 2.52 bits per heavy atom. The summed E-state index contributed by atoms with van der Waals surface area (Å²) in [5.74, 6) is 1.74. The minimum Gasteiger partial charge on any atom is -0.368 e. The smallest absolute Gasteiger partial charge is 0.132 e. The average Bonchev–Trinajstić information content (AvgIpc) is 3.53. The predicted octanol–water partition coefficient (Wildman–Crippen LogP) is 2.62. The van der Waals surface area contributed by atoms with Crippen LogP contribution in [-0.4, -0.2) is 46.1 Å². The zero-order chi connectivity index (χ0) is 16.6. The molecule has 0 spiro atoms. The van der Waals surface area contributed by atoms with Gasteiger partial charge in [0.05, 0.1) is 5.52 Å². The van der Waals surface area contributed by atoms with E-state index in [-0.39, 0.29) is 0 Å². The van der Waals surface area contributed by atoms with Crippen LogP contribution in [0.1, 0.15) is 24.5 Å². The third kappa shape index (κ3) is 2.88. The van der Waals surface area contributed by atoms with E-state index in [1.165, 1.54) is 24.2 Å². The predicted molar refractivity (Wildman–Crippen MR) is 98.0 cm³/mol. The zero-order valence-corrected chi connectivity index (χ0v) is 14.0. The lowest BCUT2D eigenvalue weighted by atomic mass is 10.2. The van der Waals surface area contributed by atoms with Crippen molar-refractivity contribution >= 4 is 22.4 Å². The van der Waals surface area contributed by atoms with Gasteiger partial charge in [-0.2, -0.15) is 0 Å². The van der Waals surface area contributed by atoms with Gasteiger partial charge >= 0.3 is 0 Å². The normalized spacial score (nSPS) is 17.9. The van der Waals surface area contributed by atoms with Gasteiger partial charge in [0.15, 0.2) is 0 Å². The molecule has 3 heterocycles. The quantitative estimate of drug-likeness (QED) is 0.735. The summed E-state index contributed by atoms with van der Waals surface area (Å²) in [5, 5.41) is 1.09. The van der Waals surface area contributed by atoms with Gasteiger partial charge in [0.1, 0.15) is 18.5 Å². The molecule has 1 aliphatic heterocycles. The molecular weight excluding hydrogens is 312 g/mol. The number of fused-ring (bicyclic) bond motifs is 1. The second-order valence-corrected chi connectivity index (χ2v) is 6.82. The molecule has 0 N–H and O–H groups in total. The maximum absolute atomic E-state index is 4.49. The van der Waals surface area contributed by atoms with Crippen LogP contribution in [0.5, 0.6) is 0 Å². The van der Waals surface area contributed by atoms with E-state index in [1.807, 2.05) is 6.20 Å². The fraction of sp³-hybridized carbons (Fsp3) is 0.368. The number of piperazine rings is 1. The van der Waals surface area contributed by atoms with Crippen molar-refractivity contribution in [1.82, 2.24) is 19.9 Å². The maximum Gasteiger partial charge on any atom is 0.132 e. The first-order valence-corrected chi connectivity index (χ1v) is 8.88. The fourth-order valence-corrected chi connectivity index (χ4v) is 3.50. The summed E-state index contributed by atoms with van der Waals surface area (Å²) in [6, 6.07) is 8.59. The van der Waals surface area contributed by atoms with Crippen LogP contribution in [0.2, 0.25) is 0 Å². The van der Waals surface area contributed by atoms with Crippen LogP contribution in [0, 0.1) is 0 Å². The SMILES string of the molecule is c1nc(C2CC2)cc(N2CCN(c3ccc4ncncc4c3)CC2)n1. The molecule has 126 valence electrons. The van der Waals surface area contributed by atoms with Crippen molar-refractivity contribution in [3.63, 3.8) is 0 Å². The van der Waals surface area contributed by atoms with Gasteiger partial charge in [0, 0.05) is 61.1 Å². The number of anilines is 2. The fourth-order valence-electron chi connectivity index (χ4n) is 3.50. The van der Waals surface area contributed by atoms with Crippen molar-refractivity contribution < 1.29 is 0 Å². The Morgan fingerprint density at radius 2 is 1.68 bits per heavy atom. The Hall–Kier alpha value is -2.76. The Morgan fingerprint density at radius 1 is 0.840 bits per heavy atom. The van der Waals surface area contributed by atoms with E-state index < -0.39 is 0 Å². The van der Waals surface area contributed by atoms with Crippen molar-refractivity contribution in [2.24, 2.45) is 0 Å². The van der Waals surface area contributed by atoms with Gasteiger partial charge in [-0.15, -0.1) is 0 Å². The lowest BCUT2D eigenvalue weighted by molar-refractivity contribution is 0.646. The number of benzene rings is 1. The highest BCUT2D eigenvalue weighted by Gasteiger charge is 2.26. The molecule has 2 aromatic heterocycles. The molecule has 2 fully saturated rings. The van der Waals surface area contributed by atoms with Crippen LogP contribution in [0.15, 0.2) is 43.1 Å². The van der Waals surface area contributed by atoms with Crippen LogP contribution in [0.25, 0.3) is 10.9 Å². The summed E-state index contributed by atoms with van der Waals surface area (Å²) in [4.78, 5) is 22.1. The molecule has 5 rings (SSSR count). The molecule has 6 nitrogen and oxygen atoms in total. The molecule has 0 radical (unpaired) electrons. The largest absolute Gasteiger partial charge is 0.368 e. The van der Waals surface area contributed by atoms with Gasteiger partial charge in [-0.1, -0.05) is 0 Å². The molecule has 25 heavy (non-hydrogen) atoms. The summed E-state index contributed by atoms with van der Waals surface area (Å²) < 4.78 is 0. The van der Waals surface area contributed by atoms with Gasteiger partial charge in [0.25, 0.3) is 0 Å². The second kappa shape index (κ2) is 5.95. The molecule has 3 aromatic rings. The minimum absolute atomic E-state index is 0.669. The van der Waals surface area contributed by atoms with Gasteiger partial charge in [-0.25, -0.2) is 19.9 Å². The highest BCUT2D eigenvalue weighted by atomic mass is 15.3. The topological polar surface area (TPSA) is 58.0 Å². The van der Waals surface area contributed by atoms with Gasteiger partial charge < -0.3 is 9.80 Å². The Labute approximate surface area is 146 Å². The average molecular weight is 332 g/mol. The molecule has 6 heteroatoms. The maximum atomic E-state index is 4.49. The molecule has 1 saturated carbocycles. The van der Waals surface area contributed by atoms with Crippen LogP contribution >= 0.6 is 0 Å². The van der Waals surface area contributed by atoms with E-state index in [2.05, 4.69) is 54.0 Å². The first-order valence-electron chi connectivity index (χ1n) is 8.88. The summed E-state index contributed by atoms with van der Waals surface area (Å²) in [5.41, 5.74) is 3.44. The van der Waals surface area contributed by atoms with Crippen molar-refractivity contribution in [3.8, 4) is 0 Å². The van der Waals surface area contributed by atoms with Crippen molar-refractivity contribution in [2.45, 2.75) is 18.8 Å². The molecule has 0 bridgehead atoms. The lowest BCUT2D eigenvalue weighted by Crippen LogP contribution is -2.46. The summed E-state index contributed by atoms with van der Waals surface area (Å²) in [6.45, 7) is 3.93. The molecule has 0 atom stereocenters. The first-order chi connectivity index (χ1) is 12.4. The van der Waals surface area contributed by atoms with Crippen molar-refractivity contribution in [1.29, 1.82) is 0 Å². The standard InChI is InChI=1S/C19H20N6/c1-2-14(1)18-10-19(23-13-22-18)25-7-5-24(6-8-25)16-3-4-17-15(9-16)11-20-12-21-17/h3-4,9-14H,1-2,5-8H2. The zero-order valence-electron chi connectivity index (χ0n) is 14.0. The third-order valence-corrected chi connectivity index (χ3v) is 5.13. The van der Waals surface area contributed by atoms with Crippen molar-refractivity contribution in [2.75, 3.05) is 36.0 Å². The Balaban J connectivity index is 1.31. The molecule has 1 aliphatic carbocycles. The van der Waals surface area contributed by atoms with E-state index in [9.17, 15) is 0 Å². The molecule has 2 aliphatic rings. The number of nitrogens with zero attached hydrogens (tertiary/aromatic N) is 6. The van der Waals surface area contributed by atoms with E-state index in [0.717, 1.165) is 42.9 Å². The minimum atomic E-state index is 0.669. The number of rotatable bonds is 3. The summed E-state index contributed by atoms with van der Waals surface area (Å²) >= 11 is 0. The van der Waals surface area contributed by atoms with E-state index in [4.69, 9.17) is 0 Å². The summed E-state index contributed by atoms with van der Waals surface area (Å²) in [7, 11) is 0. The van der Waals surface area contributed by atoms with Gasteiger partial charge in [-0.05, 0) is 31.0 Å². The van der Waals surface area contributed by atoms with E-state index in [1.54, 1.807) is 12.7 Å². The highest BCUT2D eigenvalue weighted by Crippen LogP contribution is 2.39. The Kier molecular flexibility index (Phi) is 3.47. The third-order valence-electron chi connectivity index (χ3n) is 5.13. The molecule has 0 unspecified atom stereocenters. The number of aromatic nitrogens is 4. The first kappa shape index (κ1) is 14.6. The summed E-state index contributed by atoms with van der Waals surface area (Å²) in [6.07, 6.45) is 7.74. The Bertz CT molecular complexity index is 899. The monoisotopic (exact) mass is 332 g/mol. The van der Waals surface area contributed by atoms with Gasteiger partial charge in [-0.3, -0.25) is 0 Å². The van der Waals surface area contributed by atoms with E-state index >= 15 is 0 Å². The molecule has 1 saturated heterocycles. The van der Waals surface area contributed by atoms with Crippen LogP contribution in [0.4, 0.5) is 11.5 Å². The number of hydrogen-bond donors (Lipinski definition) is 0. The van der Waals surface area contributed by atoms with E-state index in [0.29, 0.717) is 5.92 Å². The van der Waals surface area contributed by atoms with Crippen LogP contribution in [0.3, 0.4) is 0 Å². The van der Waals surface area contributed by atoms with Gasteiger partial charge in [0.2, 0.25) is 0 Å². The number of hydrogen-bond acceptors (Lipinski definition) is 6.